The number of nitrogens with zero attached hydrogens (tertiary/aromatic N) is 2. The summed E-state index contributed by atoms with van der Waals surface area (Å²) >= 11 is 5.91. The van der Waals surface area contributed by atoms with Crippen LogP contribution in [0.1, 0.15) is 22.3 Å². The molecule has 0 atom stereocenters. The summed E-state index contributed by atoms with van der Waals surface area (Å²) < 4.78 is 5.22. The van der Waals surface area contributed by atoms with Crippen LogP contribution in [0, 0.1) is 10.1 Å². The van der Waals surface area contributed by atoms with E-state index in [1.54, 1.807) is 17.0 Å². The second kappa shape index (κ2) is 10.8. The van der Waals surface area contributed by atoms with Gasteiger partial charge >= 0.3 is 5.63 Å². The highest BCUT2D eigenvalue weighted by Crippen LogP contribution is 2.26. The largest absolute Gasteiger partial charge is 0.423 e. The van der Waals surface area contributed by atoms with Crippen molar-refractivity contribution in [1.82, 2.24) is 4.90 Å². The van der Waals surface area contributed by atoms with Gasteiger partial charge in [-0.25, -0.2) is 4.79 Å². The molecule has 1 heterocycles. The number of benzene rings is 3. The zero-order valence-corrected chi connectivity index (χ0v) is 19.4. The Morgan fingerprint density at radius 2 is 1.77 bits per heavy atom. The van der Waals surface area contributed by atoms with Crippen LogP contribution in [0.15, 0.2) is 88.1 Å². The molecule has 4 rings (SSSR count). The maximum absolute atomic E-state index is 13.3. The Kier molecular flexibility index (Phi) is 7.42. The van der Waals surface area contributed by atoms with Crippen LogP contribution in [0.2, 0.25) is 5.02 Å². The van der Waals surface area contributed by atoms with Crippen LogP contribution in [0.25, 0.3) is 11.0 Å². The van der Waals surface area contributed by atoms with E-state index in [1.807, 2.05) is 42.5 Å². The van der Waals surface area contributed by atoms with Gasteiger partial charge in [0.2, 0.25) is 0 Å². The number of para-hydroxylation sites is 1. The monoisotopic (exact) mass is 491 g/mol. The van der Waals surface area contributed by atoms with Crippen LogP contribution < -0.4 is 10.9 Å². The highest BCUT2D eigenvalue weighted by molar-refractivity contribution is 6.32. The molecule has 8 nitrogen and oxygen atoms in total. The highest BCUT2D eigenvalue weighted by atomic mass is 35.5. The van der Waals surface area contributed by atoms with Gasteiger partial charge in [-0.1, -0.05) is 54.1 Å². The molecule has 0 bridgehead atoms. The predicted molar refractivity (Wildman–Crippen MR) is 135 cm³/mol. The van der Waals surface area contributed by atoms with E-state index < -0.39 is 10.5 Å². The number of nitro groups is 1. The summed E-state index contributed by atoms with van der Waals surface area (Å²) in [5.41, 5.74) is 1.52. The number of amides is 1. The third-order valence-electron chi connectivity index (χ3n) is 5.46. The van der Waals surface area contributed by atoms with Gasteiger partial charge in [0, 0.05) is 42.7 Å². The number of carbonyl (C=O) groups excluding carboxylic acids is 1. The van der Waals surface area contributed by atoms with E-state index in [-0.39, 0.29) is 22.2 Å². The molecule has 178 valence electrons. The van der Waals surface area contributed by atoms with E-state index in [0.29, 0.717) is 37.3 Å². The van der Waals surface area contributed by atoms with Gasteiger partial charge in [-0.15, -0.1) is 0 Å². The Morgan fingerprint density at radius 3 is 2.54 bits per heavy atom. The number of carbonyl (C=O) groups is 1. The molecule has 1 aromatic heterocycles. The summed E-state index contributed by atoms with van der Waals surface area (Å²) in [4.78, 5) is 37.5. The van der Waals surface area contributed by atoms with Crippen LogP contribution >= 0.6 is 11.6 Å². The van der Waals surface area contributed by atoms with Gasteiger partial charge in [0.15, 0.2) is 0 Å². The summed E-state index contributed by atoms with van der Waals surface area (Å²) in [6.07, 6.45) is 0.572. The first-order valence-electron chi connectivity index (χ1n) is 11.0. The minimum absolute atomic E-state index is 0.0232. The fourth-order valence-electron chi connectivity index (χ4n) is 3.78. The lowest BCUT2D eigenvalue weighted by atomic mass is 10.1. The molecule has 0 aliphatic heterocycles. The minimum Gasteiger partial charge on any atom is -0.423 e. The first-order chi connectivity index (χ1) is 16.9. The fourth-order valence-corrected chi connectivity index (χ4v) is 3.96. The number of fused-ring (bicyclic) bond motifs is 1. The van der Waals surface area contributed by atoms with Crippen molar-refractivity contribution in [3.8, 4) is 0 Å². The van der Waals surface area contributed by atoms with Gasteiger partial charge in [0.25, 0.3) is 11.6 Å². The average molecular weight is 492 g/mol. The molecule has 4 aromatic rings. The molecule has 0 radical (unpaired) electrons. The minimum atomic E-state index is -0.606. The Bertz CT molecular complexity index is 1420. The molecule has 35 heavy (non-hydrogen) atoms. The standard InChI is InChI=1S/C26H22ClN3O5/c27-21-12-11-19(15-23(21)30(33)34)26(32)29(17-18-7-2-1-3-8-18)14-6-13-28-22-16-25(31)35-24-10-5-4-9-20(22)24/h1-5,7-12,15-16,28H,6,13-14,17H2. The number of nitro benzene ring substituents is 1. The Balaban J connectivity index is 1.50. The second-order valence-electron chi connectivity index (χ2n) is 7.89. The number of nitrogens with one attached hydrogen (secondary N) is 1. The van der Waals surface area contributed by atoms with Gasteiger partial charge in [0.1, 0.15) is 10.6 Å². The number of hydrogen-bond acceptors (Lipinski definition) is 6. The molecule has 0 aliphatic rings. The molecular formula is C26H22ClN3O5. The first kappa shape index (κ1) is 24.0. The number of rotatable bonds is 9. The number of halogens is 1. The lowest BCUT2D eigenvalue weighted by Crippen LogP contribution is -2.32. The summed E-state index contributed by atoms with van der Waals surface area (Å²) in [5, 5.41) is 15.3. The topological polar surface area (TPSA) is 106 Å². The molecule has 0 saturated heterocycles. The zero-order valence-electron chi connectivity index (χ0n) is 18.6. The Hall–Kier alpha value is -4.17. The quantitative estimate of drug-likeness (QED) is 0.143. The van der Waals surface area contributed by atoms with Crippen LogP contribution in [-0.4, -0.2) is 28.8 Å². The lowest BCUT2D eigenvalue weighted by Gasteiger charge is -2.23. The molecule has 1 amide bonds. The Labute approximate surface area is 205 Å². The third-order valence-corrected chi connectivity index (χ3v) is 5.78. The van der Waals surface area contributed by atoms with Crippen LogP contribution in [0.5, 0.6) is 0 Å². The van der Waals surface area contributed by atoms with Gasteiger partial charge in [0.05, 0.1) is 10.6 Å². The maximum Gasteiger partial charge on any atom is 0.338 e. The summed E-state index contributed by atoms with van der Waals surface area (Å²) in [7, 11) is 0. The van der Waals surface area contributed by atoms with E-state index in [9.17, 15) is 19.7 Å². The molecular weight excluding hydrogens is 470 g/mol. The molecule has 0 fully saturated rings. The molecule has 0 saturated carbocycles. The van der Waals surface area contributed by atoms with Crippen molar-refractivity contribution in [2.45, 2.75) is 13.0 Å². The Morgan fingerprint density at radius 1 is 1.03 bits per heavy atom. The van der Waals surface area contributed by atoms with Gasteiger partial charge in [-0.3, -0.25) is 14.9 Å². The van der Waals surface area contributed by atoms with E-state index in [0.717, 1.165) is 10.9 Å². The van der Waals surface area contributed by atoms with Crippen molar-refractivity contribution in [2.75, 3.05) is 18.4 Å². The van der Waals surface area contributed by atoms with Crippen molar-refractivity contribution in [2.24, 2.45) is 0 Å². The van der Waals surface area contributed by atoms with Crippen molar-refractivity contribution in [3.63, 3.8) is 0 Å². The van der Waals surface area contributed by atoms with Crippen molar-refractivity contribution < 1.29 is 14.1 Å². The molecule has 3 aromatic carbocycles. The van der Waals surface area contributed by atoms with E-state index in [4.69, 9.17) is 16.0 Å². The predicted octanol–water partition coefficient (Wildman–Crippen LogP) is 5.50. The van der Waals surface area contributed by atoms with Crippen molar-refractivity contribution >= 4 is 39.9 Å². The molecule has 0 spiro atoms. The van der Waals surface area contributed by atoms with Crippen molar-refractivity contribution in [1.29, 1.82) is 0 Å². The van der Waals surface area contributed by atoms with Gasteiger partial charge < -0.3 is 14.6 Å². The summed E-state index contributed by atoms with van der Waals surface area (Å²) in [5.74, 6) is -0.334. The van der Waals surface area contributed by atoms with Crippen LogP contribution in [0.3, 0.4) is 0 Å². The molecule has 0 aliphatic carbocycles. The maximum atomic E-state index is 13.3. The van der Waals surface area contributed by atoms with Crippen LogP contribution in [-0.2, 0) is 6.54 Å². The molecule has 0 unspecified atom stereocenters. The number of hydrogen-bond donors (Lipinski definition) is 1. The van der Waals surface area contributed by atoms with E-state index in [2.05, 4.69) is 5.32 Å². The zero-order chi connectivity index (χ0) is 24.8. The van der Waals surface area contributed by atoms with Crippen molar-refractivity contribution in [3.05, 3.63) is 116 Å². The highest BCUT2D eigenvalue weighted by Gasteiger charge is 2.21. The second-order valence-corrected chi connectivity index (χ2v) is 8.30. The first-order valence-corrected chi connectivity index (χ1v) is 11.3. The van der Waals surface area contributed by atoms with Crippen LogP contribution in [0.4, 0.5) is 11.4 Å². The van der Waals surface area contributed by atoms with E-state index >= 15 is 0 Å². The van der Waals surface area contributed by atoms with Gasteiger partial charge in [-0.2, -0.15) is 0 Å². The van der Waals surface area contributed by atoms with Gasteiger partial charge in [-0.05, 0) is 36.2 Å². The summed E-state index contributed by atoms with van der Waals surface area (Å²) in [6, 6.07) is 22.2. The molecule has 1 N–H and O–H groups in total. The van der Waals surface area contributed by atoms with E-state index in [1.165, 1.54) is 24.3 Å². The molecule has 9 heteroatoms. The SMILES string of the molecule is O=C(c1ccc(Cl)c([N+](=O)[O-])c1)N(CCCNc1cc(=O)oc2ccccc12)Cc1ccccc1. The number of anilines is 1. The average Bonchev–Trinajstić information content (AvgIpc) is 2.86. The normalized spacial score (nSPS) is 10.8. The smallest absolute Gasteiger partial charge is 0.338 e. The third kappa shape index (κ3) is 5.85. The summed E-state index contributed by atoms with van der Waals surface area (Å²) in [6.45, 7) is 1.22. The lowest BCUT2D eigenvalue weighted by molar-refractivity contribution is -0.384. The fraction of sp³-hybridized carbons (Fsp3) is 0.154.